The van der Waals surface area contributed by atoms with Crippen LogP contribution in [0.4, 0.5) is 4.39 Å². The van der Waals surface area contributed by atoms with Gasteiger partial charge in [-0.3, -0.25) is 4.79 Å². The summed E-state index contributed by atoms with van der Waals surface area (Å²) in [6.07, 6.45) is 0.772. The molecule has 0 atom stereocenters. The highest BCUT2D eigenvalue weighted by Crippen LogP contribution is 2.28. The summed E-state index contributed by atoms with van der Waals surface area (Å²) in [5.41, 5.74) is 1.42. The number of benzene rings is 2. The van der Waals surface area contributed by atoms with Crippen LogP contribution in [0.5, 0.6) is 5.75 Å². The quantitative estimate of drug-likeness (QED) is 0.783. The van der Waals surface area contributed by atoms with E-state index in [9.17, 15) is 9.18 Å². The highest BCUT2D eigenvalue weighted by atomic mass is 35.5. The van der Waals surface area contributed by atoms with Gasteiger partial charge in [-0.1, -0.05) is 17.7 Å². The smallest absolute Gasteiger partial charge is 0.196 e. The van der Waals surface area contributed by atoms with Crippen LogP contribution in [0.3, 0.4) is 0 Å². The van der Waals surface area contributed by atoms with Crippen molar-refractivity contribution < 1.29 is 13.9 Å². The van der Waals surface area contributed by atoms with Gasteiger partial charge in [0.25, 0.3) is 0 Å². The van der Waals surface area contributed by atoms with Crippen LogP contribution in [0, 0.1) is 5.82 Å². The van der Waals surface area contributed by atoms with Gasteiger partial charge in [0.2, 0.25) is 0 Å². The zero-order valence-electron chi connectivity index (χ0n) is 9.95. The van der Waals surface area contributed by atoms with Crippen LogP contribution in [-0.2, 0) is 6.42 Å². The van der Waals surface area contributed by atoms with Crippen molar-refractivity contribution in [1.29, 1.82) is 0 Å². The first-order valence-corrected chi connectivity index (χ1v) is 6.29. The number of ketones is 1. The van der Waals surface area contributed by atoms with Crippen LogP contribution < -0.4 is 4.74 Å². The van der Waals surface area contributed by atoms with E-state index in [1.165, 1.54) is 12.1 Å². The maximum absolute atomic E-state index is 13.8. The monoisotopic (exact) mass is 276 g/mol. The van der Waals surface area contributed by atoms with Gasteiger partial charge >= 0.3 is 0 Å². The van der Waals surface area contributed by atoms with E-state index in [2.05, 4.69) is 0 Å². The lowest BCUT2D eigenvalue weighted by atomic mass is 10.00. The molecular formula is C15H10ClFO2. The number of fused-ring (bicyclic) bond motifs is 1. The molecule has 0 radical (unpaired) electrons. The highest BCUT2D eigenvalue weighted by Gasteiger charge is 2.19. The van der Waals surface area contributed by atoms with Gasteiger partial charge in [0.05, 0.1) is 17.2 Å². The number of rotatable bonds is 2. The SMILES string of the molecule is O=C(c1ccc2c(c1)CCO2)c1cccc(Cl)c1F. The number of hydrogen-bond donors (Lipinski definition) is 0. The second-order valence-electron chi connectivity index (χ2n) is 4.35. The van der Waals surface area contributed by atoms with Crippen molar-refractivity contribution >= 4 is 17.4 Å². The Morgan fingerprint density at radius 1 is 1.26 bits per heavy atom. The minimum atomic E-state index is -0.675. The second kappa shape index (κ2) is 4.67. The second-order valence-corrected chi connectivity index (χ2v) is 4.76. The van der Waals surface area contributed by atoms with Gasteiger partial charge in [-0.25, -0.2) is 4.39 Å². The summed E-state index contributed by atoms with van der Waals surface area (Å²) in [6.45, 7) is 0.624. The summed E-state index contributed by atoms with van der Waals surface area (Å²) < 4.78 is 19.2. The van der Waals surface area contributed by atoms with Crippen LogP contribution in [-0.4, -0.2) is 12.4 Å². The van der Waals surface area contributed by atoms with Gasteiger partial charge in [0, 0.05) is 12.0 Å². The normalized spacial score (nSPS) is 12.9. The molecule has 0 unspecified atom stereocenters. The molecule has 3 rings (SSSR count). The molecule has 0 aromatic heterocycles. The Balaban J connectivity index is 2.02. The van der Waals surface area contributed by atoms with Crippen molar-refractivity contribution in [3.63, 3.8) is 0 Å². The minimum Gasteiger partial charge on any atom is -0.493 e. The lowest BCUT2D eigenvalue weighted by molar-refractivity contribution is 0.103. The van der Waals surface area contributed by atoms with Gasteiger partial charge in [-0.2, -0.15) is 0 Å². The number of ether oxygens (including phenoxy) is 1. The molecule has 0 N–H and O–H groups in total. The standard InChI is InChI=1S/C15H10ClFO2/c16-12-3-1-2-11(14(12)17)15(18)10-4-5-13-9(8-10)6-7-19-13/h1-5,8H,6-7H2. The van der Waals surface area contributed by atoms with Crippen molar-refractivity contribution in [3.8, 4) is 5.75 Å². The number of carbonyl (C=O) groups is 1. The fourth-order valence-corrected chi connectivity index (χ4v) is 2.34. The van der Waals surface area contributed by atoms with E-state index in [1.54, 1.807) is 24.3 Å². The average Bonchev–Trinajstić information content (AvgIpc) is 2.88. The van der Waals surface area contributed by atoms with Crippen LogP contribution in [0.2, 0.25) is 5.02 Å². The summed E-state index contributed by atoms with van der Waals surface area (Å²) in [6, 6.07) is 9.57. The number of hydrogen-bond acceptors (Lipinski definition) is 2. The zero-order valence-corrected chi connectivity index (χ0v) is 10.7. The third kappa shape index (κ3) is 2.10. The fourth-order valence-electron chi connectivity index (χ4n) is 2.16. The van der Waals surface area contributed by atoms with Gasteiger partial charge in [0.1, 0.15) is 5.75 Å². The largest absolute Gasteiger partial charge is 0.493 e. The van der Waals surface area contributed by atoms with Crippen molar-refractivity contribution in [1.82, 2.24) is 0 Å². The Labute approximate surface area is 114 Å². The first kappa shape index (κ1) is 12.2. The minimum absolute atomic E-state index is 0.00800. The van der Waals surface area contributed by atoms with Crippen LogP contribution in [0.25, 0.3) is 0 Å². The van der Waals surface area contributed by atoms with Crippen LogP contribution in [0.1, 0.15) is 21.5 Å². The molecule has 1 aliphatic heterocycles. The first-order chi connectivity index (χ1) is 9.16. The Bertz CT molecular complexity index is 667. The van der Waals surface area contributed by atoms with E-state index in [4.69, 9.17) is 16.3 Å². The average molecular weight is 277 g/mol. The summed E-state index contributed by atoms with van der Waals surface area (Å²) in [4.78, 5) is 12.3. The van der Waals surface area contributed by atoms with E-state index in [1.807, 2.05) is 0 Å². The van der Waals surface area contributed by atoms with E-state index in [0.29, 0.717) is 12.2 Å². The molecule has 2 aromatic carbocycles. The highest BCUT2D eigenvalue weighted by molar-refractivity contribution is 6.31. The predicted molar refractivity (Wildman–Crippen MR) is 70.5 cm³/mol. The number of carbonyl (C=O) groups excluding carboxylic acids is 1. The van der Waals surface area contributed by atoms with E-state index in [-0.39, 0.29) is 16.4 Å². The van der Waals surface area contributed by atoms with Crippen molar-refractivity contribution in [2.24, 2.45) is 0 Å². The molecule has 0 fully saturated rings. The van der Waals surface area contributed by atoms with Gasteiger partial charge in [-0.05, 0) is 35.9 Å². The Morgan fingerprint density at radius 3 is 2.95 bits per heavy atom. The molecule has 0 aliphatic carbocycles. The maximum atomic E-state index is 13.8. The third-order valence-electron chi connectivity index (χ3n) is 3.15. The Morgan fingerprint density at radius 2 is 2.11 bits per heavy atom. The molecule has 0 saturated heterocycles. The lowest BCUT2D eigenvalue weighted by Crippen LogP contribution is -2.05. The molecule has 1 aliphatic rings. The molecule has 0 bridgehead atoms. The van der Waals surface area contributed by atoms with E-state index < -0.39 is 5.82 Å². The Kier molecular flexibility index (Phi) is 2.99. The molecule has 4 heteroatoms. The summed E-state index contributed by atoms with van der Waals surface area (Å²) in [5.74, 6) is -0.247. The van der Waals surface area contributed by atoms with Gasteiger partial charge < -0.3 is 4.74 Å². The van der Waals surface area contributed by atoms with Crippen molar-refractivity contribution in [2.75, 3.05) is 6.61 Å². The molecule has 0 saturated carbocycles. The first-order valence-electron chi connectivity index (χ1n) is 5.91. The van der Waals surface area contributed by atoms with Crippen LogP contribution >= 0.6 is 11.6 Å². The lowest BCUT2D eigenvalue weighted by Gasteiger charge is -2.05. The van der Waals surface area contributed by atoms with Crippen LogP contribution in [0.15, 0.2) is 36.4 Å². The van der Waals surface area contributed by atoms with Gasteiger partial charge in [-0.15, -0.1) is 0 Å². The molecule has 0 amide bonds. The fraction of sp³-hybridized carbons (Fsp3) is 0.133. The summed E-state index contributed by atoms with van der Waals surface area (Å²) in [7, 11) is 0. The molecule has 0 spiro atoms. The molecule has 2 aromatic rings. The van der Waals surface area contributed by atoms with E-state index >= 15 is 0 Å². The zero-order chi connectivity index (χ0) is 13.4. The molecule has 1 heterocycles. The predicted octanol–water partition coefficient (Wildman–Crippen LogP) is 3.65. The molecule has 19 heavy (non-hydrogen) atoms. The summed E-state index contributed by atoms with van der Waals surface area (Å²) >= 11 is 5.69. The van der Waals surface area contributed by atoms with Gasteiger partial charge in [0.15, 0.2) is 11.6 Å². The third-order valence-corrected chi connectivity index (χ3v) is 3.44. The van der Waals surface area contributed by atoms with Crippen molar-refractivity contribution in [3.05, 3.63) is 63.9 Å². The molecule has 96 valence electrons. The van der Waals surface area contributed by atoms with Crippen molar-refractivity contribution in [2.45, 2.75) is 6.42 Å². The topological polar surface area (TPSA) is 26.3 Å². The Hall–Kier alpha value is -1.87. The maximum Gasteiger partial charge on any atom is 0.196 e. The number of halogens is 2. The van der Waals surface area contributed by atoms with E-state index in [0.717, 1.165) is 17.7 Å². The summed E-state index contributed by atoms with van der Waals surface area (Å²) in [5, 5.41) is -0.0460. The molecular weight excluding hydrogens is 267 g/mol. The molecule has 2 nitrogen and oxygen atoms in total.